The van der Waals surface area contributed by atoms with Crippen LogP contribution in [0.15, 0.2) is 35.6 Å². The van der Waals surface area contributed by atoms with Crippen LogP contribution in [0.4, 0.5) is 0 Å². The Hall–Kier alpha value is -2.28. The van der Waals surface area contributed by atoms with Crippen molar-refractivity contribution in [2.24, 2.45) is 0 Å². The molecule has 0 bridgehead atoms. The summed E-state index contributed by atoms with van der Waals surface area (Å²) in [5, 5.41) is 9.08. The SMILES string of the molecule is CCOC(=O)C1=C(C)OC(Cc2ccccc2C#N)C1. The predicted octanol–water partition coefficient (Wildman–Crippen LogP) is 2.73. The number of ether oxygens (including phenoxy) is 2. The van der Waals surface area contributed by atoms with E-state index in [2.05, 4.69) is 6.07 Å². The van der Waals surface area contributed by atoms with Crippen LogP contribution in [0.1, 0.15) is 31.4 Å². The second-order valence-corrected chi connectivity index (χ2v) is 4.67. The summed E-state index contributed by atoms with van der Waals surface area (Å²) in [4.78, 5) is 11.8. The highest BCUT2D eigenvalue weighted by Gasteiger charge is 2.29. The topological polar surface area (TPSA) is 59.3 Å². The molecule has 2 rings (SSSR count). The van der Waals surface area contributed by atoms with Crippen molar-refractivity contribution in [3.05, 3.63) is 46.7 Å². The third kappa shape index (κ3) is 3.00. The fourth-order valence-corrected chi connectivity index (χ4v) is 2.35. The number of carbonyl (C=O) groups is 1. The van der Waals surface area contributed by atoms with Gasteiger partial charge in [-0.05, 0) is 25.5 Å². The molecule has 0 radical (unpaired) electrons. The van der Waals surface area contributed by atoms with Gasteiger partial charge in [0.25, 0.3) is 0 Å². The number of rotatable bonds is 4. The summed E-state index contributed by atoms with van der Waals surface area (Å²) in [6.45, 7) is 3.92. The molecule has 1 unspecified atom stereocenters. The van der Waals surface area contributed by atoms with Crippen molar-refractivity contribution in [2.75, 3.05) is 6.61 Å². The van der Waals surface area contributed by atoms with Crippen molar-refractivity contribution in [2.45, 2.75) is 32.8 Å². The largest absolute Gasteiger partial charge is 0.494 e. The Morgan fingerprint density at radius 2 is 2.25 bits per heavy atom. The zero-order chi connectivity index (χ0) is 14.5. The van der Waals surface area contributed by atoms with Crippen LogP contribution >= 0.6 is 0 Å². The number of nitriles is 1. The second kappa shape index (κ2) is 6.25. The number of nitrogens with zero attached hydrogens (tertiary/aromatic N) is 1. The van der Waals surface area contributed by atoms with Gasteiger partial charge in [-0.25, -0.2) is 4.79 Å². The van der Waals surface area contributed by atoms with Gasteiger partial charge < -0.3 is 9.47 Å². The maximum Gasteiger partial charge on any atom is 0.337 e. The van der Waals surface area contributed by atoms with E-state index in [1.807, 2.05) is 18.2 Å². The maximum atomic E-state index is 11.8. The predicted molar refractivity (Wildman–Crippen MR) is 73.7 cm³/mol. The van der Waals surface area contributed by atoms with E-state index in [0.29, 0.717) is 36.3 Å². The first-order valence-electron chi connectivity index (χ1n) is 6.67. The molecule has 4 nitrogen and oxygen atoms in total. The van der Waals surface area contributed by atoms with Crippen molar-refractivity contribution >= 4 is 5.97 Å². The third-order valence-corrected chi connectivity index (χ3v) is 3.31. The molecule has 1 aromatic carbocycles. The lowest BCUT2D eigenvalue weighted by Crippen LogP contribution is -2.13. The van der Waals surface area contributed by atoms with Crippen molar-refractivity contribution in [1.29, 1.82) is 5.26 Å². The number of hydrogen-bond donors (Lipinski definition) is 0. The van der Waals surface area contributed by atoms with Crippen LogP contribution < -0.4 is 0 Å². The molecule has 0 saturated heterocycles. The summed E-state index contributed by atoms with van der Waals surface area (Å²) in [5.41, 5.74) is 2.20. The molecule has 104 valence electrons. The summed E-state index contributed by atoms with van der Waals surface area (Å²) in [6, 6.07) is 9.62. The van der Waals surface area contributed by atoms with Gasteiger partial charge in [0.05, 0.1) is 23.8 Å². The van der Waals surface area contributed by atoms with Crippen LogP contribution in [0.25, 0.3) is 0 Å². The normalized spacial score (nSPS) is 17.6. The number of allylic oxidation sites excluding steroid dienone is 1. The van der Waals surface area contributed by atoms with Crippen LogP contribution in [0.2, 0.25) is 0 Å². The lowest BCUT2D eigenvalue weighted by molar-refractivity contribution is -0.138. The van der Waals surface area contributed by atoms with Gasteiger partial charge in [0.1, 0.15) is 11.9 Å². The van der Waals surface area contributed by atoms with Gasteiger partial charge in [-0.15, -0.1) is 0 Å². The molecule has 1 aliphatic heterocycles. The van der Waals surface area contributed by atoms with Gasteiger partial charge in [0.15, 0.2) is 0 Å². The number of carbonyl (C=O) groups excluding carboxylic acids is 1. The Morgan fingerprint density at radius 1 is 1.50 bits per heavy atom. The van der Waals surface area contributed by atoms with Crippen molar-refractivity contribution < 1.29 is 14.3 Å². The zero-order valence-corrected chi connectivity index (χ0v) is 11.7. The monoisotopic (exact) mass is 271 g/mol. The smallest absolute Gasteiger partial charge is 0.337 e. The minimum atomic E-state index is -0.305. The van der Waals surface area contributed by atoms with E-state index in [1.54, 1.807) is 19.9 Å². The first-order valence-corrected chi connectivity index (χ1v) is 6.67. The summed E-state index contributed by atoms with van der Waals surface area (Å²) in [5.74, 6) is 0.323. The van der Waals surface area contributed by atoms with Crippen LogP contribution in [0.3, 0.4) is 0 Å². The summed E-state index contributed by atoms with van der Waals surface area (Å²) >= 11 is 0. The van der Waals surface area contributed by atoms with Gasteiger partial charge in [0.2, 0.25) is 0 Å². The molecule has 1 atom stereocenters. The molecule has 4 heteroatoms. The average molecular weight is 271 g/mol. The average Bonchev–Trinajstić information content (AvgIpc) is 2.80. The van der Waals surface area contributed by atoms with Gasteiger partial charge in [-0.2, -0.15) is 5.26 Å². The van der Waals surface area contributed by atoms with Crippen molar-refractivity contribution in [3.63, 3.8) is 0 Å². The molecule has 0 aliphatic carbocycles. The lowest BCUT2D eigenvalue weighted by Gasteiger charge is -2.12. The van der Waals surface area contributed by atoms with Gasteiger partial charge in [-0.3, -0.25) is 0 Å². The van der Waals surface area contributed by atoms with Gasteiger partial charge in [-0.1, -0.05) is 18.2 Å². The van der Waals surface area contributed by atoms with E-state index in [-0.39, 0.29) is 12.1 Å². The molecule has 1 heterocycles. The van der Waals surface area contributed by atoms with Crippen molar-refractivity contribution in [3.8, 4) is 6.07 Å². The quantitative estimate of drug-likeness (QED) is 0.790. The second-order valence-electron chi connectivity index (χ2n) is 4.67. The molecule has 0 N–H and O–H groups in total. The van der Waals surface area contributed by atoms with Gasteiger partial charge >= 0.3 is 5.97 Å². The van der Waals surface area contributed by atoms with Crippen LogP contribution in [-0.2, 0) is 20.7 Å². The van der Waals surface area contributed by atoms with E-state index in [1.165, 1.54) is 0 Å². The first-order chi connectivity index (χ1) is 9.65. The molecule has 0 saturated carbocycles. The van der Waals surface area contributed by atoms with E-state index in [0.717, 1.165) is 5.56 Å². The van der Waals surface area contributed by atoms with E-state index >= 15 is 0 Å². The molecule has 0 fully saturated rings. The van der Waals surface area contributed by atoms with Gasteiger partial charge in [0, 0.05) is 12.8 Å². The van der Waals surface area contributed by atoms with Crippen LogP contribution in [0, 0.1) is 11.3 Å². The molecule has 0 spiro atoms. The first kappa shape index (κ1) is 14.1. The molecule has 0 amide bonds. The Balaban J connectivity index is 2.05. The number of hydrogen-bond acceptors (Lipinski definition) is 4. The maximum absolute atomic E-state index is 11.8. The molecule has 20 heavy (non-hydrogen) atoms. The summed E-state index contributed by atoms with van der Waals surface area (Å²) < 4.78 is 10.7. The fourth-order valence-electron chi connectivity index (χ4n) is 2.35. The lowest BCUT2D eigenvalue weighted by atomic mass is 9.99. The number of esters is 1. The number of benzene rings is 1. The summed E-state index contributed by atoms with van der Waals surface area (Å²) in [6.07, 6.45) is 1.04. The van der Waals surface area contributed by atoms with Crippen LogP contribution in [0.5, 0.6) is 0 Å². The highest BCUT2D eigenvalue weighted by Crippen LogP contribution is 2.28. The molecule has 1 aliphatic rings. The Kier molecular flexibility index (Phi) is 4.41. The highest BCUT2D eigenvalue weighted by atomic mass is 16.5. The molecular formula is C16H17NO3. The zero-order valence-electron chi connectivity index (χ0n) is 11.7. The third-order valence-electron chi connectivity index (χ3n) is 3.31. The van der Waals surface area contributed by atoms with Crippen LogP contribution in [-0.4, -0.2) is 18.7 Å². The fraction of sp³-hybridized carbons (Fsp3) is 0.375. The van der Waals surface area contributed by atoms with E-state index in [4.69, 9.17) is 14.7 Å². The minimum Gasteiger partial charge on any atom is -0.494 e. The Morgan fingerprint density at radius 3 is 2.95 bits per heavy atom. The van der Waals surface area contributed by atoms with Crippen molar-refractivity contribution in [1.82, 2.24) is 0 Å². The highest BCUT2D eigenvalue weighted by molar-refractivity contribution is 5.89. The molecule has 0 aromatic heterocycles. The summed E-state index contributed by atoms with van der Waals surface area (Å²) in [7, 11) is 0. The van der Waals surface area contributed by atoms with E-state index < -0.39 is 0 Å². The molecular weight excluding hydrogens is 254 g/mol. The standard InChI is InChI=1S/C16H17NO3/c1-3-19-16(18)15-9-14(20-11(15)2)8-12-6-4-5-7-13(12)10-17/h4-7,14H,3,8-9H2,1-2H3. The minimum absolute atomic E-state index is 0.107. The molecule has 1 aromatic rings. The van der Waals surface area contributed by atoms with E-state index in [9.17, 15) is 4.79 Å². The Bertz CT molecular complexity index is 584. The Labute approximate surface area is 118 Å².